The summed E-state index contributed by atoms with van der Waals surface area (Å²) < 4.78 is 6.19. The lowest BCUT2D eigenvalue weighted by Crippen LogP contribution is -2.59. The van der Waals surface area contributed by atoms with Crippen LogP contribution in [-0.2, 0) is 30.5 Å². The Morgan fingerprint density at radius 3 is 2.26 bits per heavy atom. The first-order valence-corrected chi connectivity index (χ1v) is 23.7. The van der Waals surface area contributed by atoms with Gasteiger partial charge >= 0.3 is 6.09 Å². The highest BCUT2D eigenvalue weighted by Crippen LogP contribution is 2.32. The van der Waals surface area contributed by atoms with Gasteiger partial charge in [-0.2, -0.15) is 0 Å². The van der Waals surface area contributed by atoms with Crippen LogP contribution in [0.15, 0.2) is 66.4 Å². The van der Waals surface area contributed by atoms with Gasteiger partial charge in [0.15, 0.2) is 5.13 Å². The highest BCUT2D eigenvalue weighted by molar-refractivity contribution is 7.22. The molecule has 0 aliphatic carbocycles. The lowest BCUT2D eigenvalue weighted by Gasteiger charge is -2.37. The fourth-order valence-electron chi connectivity index (χ4n) is 7.97. The molecule has 3 aromatic heterocycles. The number of rotatable bonds is 14. The number of benzene rings is 2. The molecule has 2 aromatic carbocycles. The Labute approximate surface area is 392 Å². The lowest BCUT2D eigenvalue weighted by molar-refractivity contribution is -0.144. The number of nitrogens with one attached hydrogen (secondary N) is 3. The van der Waals surface area contributed by atoms with Crippen molar-refractivity contribution >= 4 is 73.4 Å². The van der Waals surface area contributed by atoms with Gasteiger partial charge in [0.1, 0.15) is 12.1 Å². The summed E-state index contributed by atoms with van der Waals surface area (Å²) in [6.45, 7) is 13.8. The minimum atomic E-state index is -0.940. The van der Waals surface area contributed by atoms with E-state index in [1.165, 1.54) is 21.1 Å². The standard InChI is InChI=1S/C47H58N10O7S2/c1-28(2)64-46(63)54(7)34-18-33(22-48-23-34)32-12-13-36-38(19-32)66-45(51-36)53-40(60)26-56-16-14-55(15-17-56)25-39(59)52-42(47(4,5)6)44(62)57-24-35(58)20-37(57)43(61)49-21-30-8-10-31(11-9-30)41-29(3)50-27-65-41/h8-13,18-19,22-23,27-28,35,37,42,58H,14-17,20-21,24-26H2,1-7H3,(H,49,61)(H,52,59)(H,51,53,60)/t35-,37+,42-/m1/s1. The molecule has 0 bridgehead atoms. The molecule has 2 aliphatic rings. The molecule has 2 saturated heterocycles. The number of aromatic nitrogens is 3. The average Bonchev–Trinajstić information content (AvgIpc) is 4.01. The number of aliphatic hydroxyl groups is 1. The van der Waals surface area contributed by atoms with Gasteiger partial charge < -0.3 is 30.7 Å². The molecule has 17 nitrogen and oxygen atoms in total. The van der Waals surface area contributed by atoms with Crippen LogP contribution < -0.4 is 20.9 Å². The first-order chi connectivity index (χ1) is 31.4. The Balaban J connectivity index is 0.874. The SMILES string of the molecule is Cc1ncsc1-c1ccc(CNC(=O)[C@@H]2C[C@@H](O)CN2C(=O)[C@@H](NC(=O)CN2CCN(CC(=O)Nc3nc4ccc(-c5cncc(N(C)C(=O)OC(C)C)c5)cc4s3)CC2)C(C)(C)C)cc1. The van der Waals surface area contributed by atoms with Crippen LogP contribution >= 0.6 is 22.7 Å². The van der Waals surface area contributed by atoms with Crippen LogP contribution in [0.2, 0.25) is 0 Å². The predicted molar refractivity (Wildman–Crippen MR) is 256 cm³/mol. The number of fused-ring (bicyclic) bond motifs is 1. The Kier molecular flexibility index (Phi) is 15.1. The van der Waals surface area contributed by atoms with Crippen molar-refractivity contribution in [1.29, 1.82) is 0 Å². The zero-order valence-electron chi connectivity index (χ0n) is 38.4. The summed E-state index contributed by atoms with van der Waals surface area (Å²) in [5, 5.41) is 19.9. The number of thiazole rings is 2. The smallest absolute Gasteiger partial charge is 0.414 e. The lowest BCUT2D eigenvalue weighted by atomic mass is 9.85. The fraction of sp³-hybridized carbons (Fsp3) is 0.447. The summed E-state index contributed by atoms with van der Waals surface area (Å²) in [6.07, 6.45) is 1.83. The van der Waals surface area contributed by atoms with Gasteiger partial charge in [-0.3, -0.25) is 38.9 Å². The topological polar surface area (TPSA) is 203 Å². The second kappa shape index (κ2) is 20.8. The molecule has 19 heteroatoms. The maximum atomic E-state index is 14.1. The van der Waals surface area contributed by atoms with E-state index in [4.69, 9.17) is 4.74 Å². The van der Waals surface area contributed by atoms with Crippen LogP contribution in [0, 0.1) is 12.3 Å². The van der Waals surface area contributed by atoms with Gasteiger partial charge in [-0.25, -0.2) is 14.8 Å². The van der Waals surface area contributed by atoms with Crippen LogP contribution in [0.5, 0.6) is 0 Å². The summed E-state index contributed by atoms with van der Waals surface area (Å²) in [6, 6.07) is 13.7. The van der Waals surface area contributed by atoms with Crippen LogP contribution in [0.1, 0.15) is 52.3 Å². The third kappa shape index (κ3) is 11.9. The van der Waals surface area contributed by atoms with Crippen molar-refractivity contribution in [3.63, 3.8) is 0 Å². The number of carbonyl (C=O) groups excluding carboxylic acids is 5. The third-order valence-corrected chi connectivity index (χ3v) is 13.5. The monoisotopic (exact) mass is 938 g/mol. The van der Waals surface area contributed by atoms with Crippen molar-refractivity contribution in [2.45, 2.75) is 78.8 Å². The zero-order valence-corrected chi connectivity index (χ0v) is 40.0. The molecule has 2 fully saturated rings. The van der Waals surface area contributed by atoms with Crippen LogP contribution in [0.3, 0.4) is 0 Å². The molecule has 2 aliphatic heterocycles. The van der Waals surface area contributed by atoms with E-state index in [9.17, 15) is 29.1 Å². The number of amides is 5. The van der Waals surface area contributed by atoms with Gasteiger partial charge in [0.25, 0.3) is 0 Å². The number of β-amino-alcohol motifs (C(OH)–C–C–N with tert-alkyl or cyclic N) is 1. The molecular weight excluding hydrogens is 881 g/mol. The summed E-state index contributed by atoms with van der Waals surface area (Å²) in [5.74, 6) is -1.31. The third-order valence-electron chi connectivity index (χ3n) is 11.6. The molecule has 350 valence electrons. The number of ether oxygens (including phenoxy) is 1. The molecule has 66 heavy (non-hydrogen) atoms. The normalized spacial score (nSPS) is 17.4. The maximum Gasteiger partial charge on any atom is 0.414 e. The van der Waals surface area contributed by atoms with Gasteiger partial charge in [0, 0.05) is 64.5 Å². The van der Waals surface area contributed by atoms with Crippen molar-refractivity contribution in [1.82, 2.24) is 40.3 Å². The van der Waals surface area contributed by atoms with E-state index in [-0.39, 0.29) is 56.4 Å². The van der Waals surface area contributed by atoms with Crippen molar-refractivity contribution in [3.05, 3.63) is 77.7 Å². The fourth-order valence-corrected chi connectivity index (χ4v) is 9.70. The largest absolute Gasteiger partial charge is 0.446 e. The highest BCUT2D eigenvalue weighted by atomic mass is 32.1. The predicted octanol–water partition coefficient (Wildman–Crippen LogP) is 5.14. The molecule has 5 aromatic rings. The number of anilines is 2. The molecule has 3 atom stereocenters. The molecule has 0 saturated carbocycles. The first kappa shape index (κ1) is 48.1. The Morgan fingerprint density at radius 2 is 1.61 bits per heavy atom. The van der Waals surface area contributed by atoms with Crippen molar-refractivity contribution in [2.75, 3.05) is 63.1 Å². The molecule has 7 rings (SSSR count). The number of carbonyl (C=O) groups is 5. The summed E-state index contributed by atoms with van der Waals surface area (Å²) in [4.78, 5) is 88.0. The van der Waals surface area contributed by atoms with Gasteiger partial charge in [0.2, 0.25) is 23.6 Å². The van der Waals surface area contributed by atoms with E-state index < -0.39 is 35.6 Å². The average molecular weight is 939 g/mol. The molecule has 4 N–H and O–H groups in total. The summed E-state index contributed by atoms with van der Waals surface area (Å²) >= 11 is 2.94. The van der Waals surface area contributed by atoms with Gasteiger partial charge in [-0.15, -0.1) is 11.3 Å². The van der Waals surface area contributed by atoms with Crippen molar-refractivity contribution in [3.8, 4) is 21.6 Å². The maximum absolute atomic E-state index is 14.1. The van der Waals surface area contributed by atoms with Gasteiger partial charge in [-0.1, -0.05) is 62.4 Å². The Morgan fingerprint density at radius 1 is 0.924 bits per heavy atom. The van der Waals surface area contributed by atoms with Gasteiger partial charge in [-0.05, 0) is 61.1 Å². The molecule has 0 unspecified atom stereocenters. The number of likely N-dealkylation sites (tertiary alicyclic amines) is 1. The molecular formula is C47H58N10O7S2. The molecule has 0 radical (unpaired) electrons. The minimum Gasteiger partial charge on any atom is -0.446 e. The quantitative estimate of drug-likeness (QED) is 0.115. The second-order valence-corrected chi connectivity index (χ2v) is 20.1. The minimum absolute atomic E-state index is 0.0107. The van der Waals surface area contributed by atoms with Crippen LogP contribution in [0.25, 0.3) is 31.8 Å². The highest BCUT2D eigenvalue weighted by Gasteiger charge is 2.44. The molecule has 0 spiro atoms. The number of aliphatic hydroxyl groups excluding tert-OH is 1. The number of aryl methyl sites for hydroxylation is 1. The zero-order chi connectivity index (χ0) is 47.3. The van der Waals surface area contributed by atoms with E-state index in [2.05, 4.69) is 30.9 Å². The second-order valence-electron chi connectivity index (χ2n) is 18.2. The number of piperazine rings is 1. The summed E-state index contributed by atoms with van der Waals surface area (Å²) in [5.41, 5.74) is 7.05. The van der Waals surface area contributed by atoms with E-state index in [1.807, 2.05) is 91.5 Å². The first-order valence-electron chi connectivity index (χ1n) is 22.0. The molecule has 5 amide bonds. The van der Waals surface area contributed by atoms with Crippen molar-refractivity contribution in [2.24, 2.45) is 5.41 Å². The Bertz CT molecular complexity index is 2550. The number of hydrogen-bond acceptors (Lipinski definition) is 14. The number of nitrogens with zero attached hydrogens (tertiary/aromatic N) is 7. The number of hydrogen-bond donors (Lipinski definition) is 4. The van der Waals surface area contributed by atoms with E-state index in [1.54, 1.807) is 44.6 Å². The van der Waals surface area contributed by atoms with Crippen LogP contribution in [-0.4, -0.2) is 142 Å². The van der Waals surface area contributed by atoms with E-state index >= 15 is 0 Å². The summed E-state index contributed by atoms with van der Waals surface area (Å²) in [7, 11) is 1.64. The van der Waals surface area contributed by atoms with Gasteiger partial charge in [0.05, 0.1) is 63.5 Å². The molecule has 5 heterocycles. The van der Waals surface area contributed by atoms with Crippen LogP contribution in [0.4, 0.5) is 15.6 Å². The van der Waals surface area contributed by atoms with E-state index in [0.29, 0.717) is 37.0 Å². The Hall–Kier alpha value is -5.86. The van der Waals surface area contributed by atoms with E-state index in [0.717, 1.165) is 43.0 Å². The number of pyridine rings is 1. The van der Waals surface area contributed by atoms with Crippen molar-refractivity contribution < 1.29 is 33.8 Å².